The van der Waals surface area contributed by atoms with Crippen molar-refractivity contribution in [2.75, 3.05) is 0 Å². The zero-order valence-electron chi connectivity index (χ0n) is 9.95. The lowest BCUT2D eigenvalue weighted by atomic mass is 9.98. The van der Waals surface area contributed by atoms with Crippen LogP contribution in [0.5, 0.6) is 0 Å². The van der Waals surface area contributed by atoms with E-state index in [1.54, 1.807) is 12.1 Å². The van der Waals surface area contributed by atoms with Gasteiger partial charge in [-0.15, -0.1) is 0 Å². The van der Waals surface area contributed by atoms with Crippen LogP contribution in [0.4, 0.5) is 0 Å². The highest BCUT2D eigenvalue weighted by Gasteiger charge is 2.30. The monoisotopic (exact) mass is 245 g/mol. The summed E-state index contributed by atoms with van der Waals surface area (Å²) in [5.74, 6) is -0.891. The Labute approximate surface area is 105 Å². The van der Waals surface area contributed by atoms with Crippen molar-refractivity contribution in [3.05, 3.63) is 47.5 Å². The van der Waals surface area contributed by atoms with Crippen molar-refractivity contribution in [2.24, 2.45) is 0 Å². The quantitative estimate of drug-likeness (QED) is 0.829. The zero-order chi connectivity index (χ0) is 12.5. The van der Waals surface area contributed by atoms with Gasteiger partial charge in [0.25, 0.3) is 0 Å². The first-order chi connectivity index (χ1) is 8.72. The highest BCUT2D eigenvalue weighted by Crippen LogP contribution is 2.28. The smallest absolute Gasteiger partial charge is 0.335 e. The number of hydroxylamine groups is 2. The van der Waals surface area contributed by atoms with E-state index >= 15 is 0 Å². The van der Waals surface area contributed by atoms with Crippen molar-refractivity contribution in [3.63, 3.8) is 0 Å². The Morgan fingerprint density at radius 3 is 2.56 bits per heavy atom. The summed E-state index contributed by atoms with van der Waals surface area (Å²) < 4.78 is 0. The minimum absolute atomic E-state index is 0.216. The first-order valence-corrected chi connectivity index (χ1v) is 6.16. The van der Waals surface area contributed by atoms with Crippen molar-refractivity contribution < 1.29 is 14.7 Å². The van der Waals surface area contributed by atoms with E-state index in [-0.39, 0.29) is 6.10 Å². The fourth-order valence-electron chi connectivity index (χ4n) is 2.45. The van der Waals surface area contributed by atoms with Crippen LogP contribution in [0.15, 0.2) is 36.4 Å². The van der Waals surface area contributed by atoms with E-state index < -0.39 is 5.97 Å². The molecule has 0 amide bonds. The van der Waals surface area contributed by atoms with E-state index in [4.69, 9.17) is 9.94 Å². The standard InChI is InChI=1S/C14H15NO3/c16-14(17)11-3-1-10(2-4-11)9-15-12-5-7-13(18-15)8-6-12/h1-5,7,12-13H,6,8-9H2,(H,16,17)/t12-,13-/m0/s1. The van der Waals surface area contributed by atoms with Gasteiger partial charge in [-0.3, -0.25) is 4.84 Å². The lowest BCUT2D eigenvalue weighted by Gasteiger charge is -2.40. The molecule has 94 valence electrons. The van der Waals surface area contributed by atoms with Gasteiger partial charge in [0.1, 0.15) is 0 Å². The van der Waals surface area contributed by atoms with Crippen LogP contribution in [0.25, 0.3) is 0 Å². The fourth-order valence-corrected chi connectivity index (χ4v) is 2.45. The molecule has 0 unspecified atom stereocenters. The topological polar surface area (TPSA) is 49.8 Å². The molecule has 1 aromatic carbocycles. The van der Waals surface area contributed by atoms with E-state index in [1.165, 1.54) is 0 Å². The van der Waals surface area contributed by atoms with E-state index in [0.717, 1.165) is 18.4 Å². The molecule has 0 spiro atoms. The fraction of sp³-hybridized carbons (Fsp3) is 0.357. The molecule has 4 heteroatoms. The van der Waals surface area contributed by atoms with Gasteiger partial charge in [0.05, 0.1) is 17.7 Å². The van der Waals surface area contributed by atoms with Gasteiger partial charge < -0.3 is 5.11 Å². The highest BCUT2D eigenvalue weighted by atomic mass is 16.7. The third kappa shape index (κ3) is 2.17. The second-order valence-electron chi connectivity index (χ2n) is 4.75. The number of nitrogens with zero attached hydrogens (tertiary/aromatic N) is 1. The Balaban J connectivity index is 1.70. The second-order valence-corrected chi connectivity index (χ2v) is 4.75. The molecule has 2 heterocycles. The zero-order valence-corrected chi connectivity index (χ0v) is 9.95. The molecule has 2 atom stereocenters. The average molecular weight is 245 g/mol. The van der Waals surface area contributed by atoms with Gasteiger partial charge in [0.2, 0.25) is 0 Å². The van der Waals surface area contributed by atoms with Crippen LogP contribution in [-0.4, -0.2) is 28.3 Å². The summed E-state index contributed by atoms with van der Waals surface area (Å²) in [5, 5.41) is 10.8. The van der Waals surface area contributed by atoms with Crippen molar-refractivity contribution in [1.29, 1.82) is 0 Å². The Kier molecular flexibility index (Phi) is 2.89. The average Bonchev–Trinajstić information content (AvgIpc) is 2.41. The summed E-state index contributed by atoms with van der Waals surface area (Å²) in [5.41, 5.74) is 1.39. The second kappa shape index (κ2) is 4.55. The molecule has 2 aliphatic heterocycles. The van der Waals surface area contributed by atoms with Crippen LogP contribution in [0.3, 0.4) is 0 Å². The Bertz CT molecular complexity index is 480. The Morgan fingerprint density at radius 1 is 1.28 bits per heavy atom. The van der Waals surface area contributed by atoms with Crippen LogP contribution < -0.4 is 0 Å². The third-order valence-electron chi connectivity index (χ3n) is 3.47. The third-order valence-corrected chi connectivity index (χ3v) is 3.47. The molecule has 0 aromatic heterocycles. The van der Waals surface area contributed by atoms with Gasteiger partial charge in [0, 0.05) is 6.54 Å². The summed E-state index contributed by atoms with van der Waals surface area (Å²) >= 11 is 0. The van der Waals surface area contributed by atoms with E-state index in [1.807, 2.05) is 17.2 Å². The molecule has 1 aromatic rings. The Morgan fingerprint density at radius 2 is 2.06 bits per heavy atom. The van der Waals surface area contributed by atoms with Crippen LogP contribution >= 0.6 is 0 Å². The minimum atomic E-state index is -0.891. The number of hydrogen-bond acceptors (Lipinski definition) is 3. The number of hydrogen-bond donors (Lipinski definition) is 1. The number of carbonyl (C=O) groups is 1. The van der Waals surface area contributed by atoms with Crippen LogP contribution in [0, 0.1) is 0 Å². The van der Waals surface area contributed by atoms with Gasteiger partial charge in [-0.1, -0.05) is 24.3 Å². The molecule has 18 heavy (non-hydrogen) atoms. The number of fused-ring (bicyclic) bond motifs is 2. The van der Waals surface area contributed by atoms with Crippen LogP contribution in [0.2, 0.25) is 0 Å². The van der Waals surface area contributed by atoms with Crippen molar-refractivity contribution in [3.8, 4) is 0 Å². The number of aromatic carboxylic acids is 1. The summed E-state index contributed by atoms with van der Waals surface area (Å²) in [6, 6.07) is 7.32. The number of rotatable bonds is 3. The molecule has 3 aliphatic rings. The molecule has 2 bridgehead atoms. The normalized spacial score (nSPS) is 26.4. The predicted octanol–water partition coefficient (Wildman–Crippen LogP) is 2.22. The van der Waals surface area contributed by atoms with Gasteiger partial charge in [-0.05, 0) is 30.5 Å². The number of carboxylic acids is 1. The first kappa shape index (κ1) is 11.4. The maximum absolute atomic E-state index is 10.8. The molecule has 4 rings (SSSR count). The Hall–Kier alpha value is -1.65. The molecule has 1 aliphatic carbocycles. The summed E-state index contributed by atoms with van der Waals surface area (Å²) in [6.45, 7) is 0.700. The molecule has 1 N–H and O–H groups in total. The lowest BCUT2D eigenvalue weighted by molar-refractivity contribution is -0.240. The summed E-state index contributed by atoms with van der Waals surface area (Å²) in [6.07, 6.45) is 6.76. The van der Waals surface area contributed by atoms with E-state index in [0.29, 0.717) is 18.2 Å². The maximum atomic E-state index is 10.8. The number of benzene rings is 1. The predicted molar refractivity (Wildman–Crippen MR) is 66.0 cm³/mol. The van der Waals surface area contributed by atoms with E-state index in [2.05, 4.69) is 12.2 Å². The van der Waals surface area contributed by atoms with Crippen molar-refractivity contribution >= 4 is 5.97 Å². The first-order valence-electron chi connectivity index (χ1n) is 6.16. The van der Waals surface area contributed by atoms with E-state index in [9.17, 15) is 4.79 Å². The molecular formula is C14H15NO3. The maximum Gasteiger partial charge on any atom is 0.335 e. The van der Waals surface area contributed by atoms with Crippen molar-refractivity contribution in [1.82, 2.24) is 5.06 Å². The SMILES string of the molecule is O=C(O)c1ccc(CN2O[C@H]3C=C[C@H]2CC3)cc1. The van der Waals surface area contributed by atoms with Gasteiger partial charge in [-0.25, -0.2) is 4.79 Å². The molecule has 0 saturated carbocycles. The molecule has 4 nitrogen and oxygen atoms in total. The summed E-state index contributed by atoms with van der Waals surface area (Å²) in [4.78, 5) is 16.6. The van der Waals surface area contributed by atoms with Gasteiger partial charge in [0.15, 0.2) is 0 Å². The van der Waals surface area contributed by atoms with Crippen LogP contribution in [-0.2, 0) is 11.4 Å². The molecule has 1 fully saturated rings. The molecule has 1 saturated heterocycles. The number of carboxylic acid groups (broad SMARTS) is 1. The molecule has 0 radical (unpaired) electrons. The summed E-state index contributed by atoms with van der Waals surface area (Å²) in [7, 11) is 0. The lowest BCUT2D eigenvalue weighted by Crippen LogP contribution is -2.44. The van der Waals surface area contributed by atoms with Gasteiger partial charge in [-0.2, -0.15) is 5.06 Å². The largest absolute Gasteiger partial charge is 0.478 e. The van der Waals surface area contributed by atoms with Crippen LogP contribution in [0.1, 0.15) is 28.8 Å². The van der Waals surface area contributed by atoms with Crippen molar-refractivity contribution in [2.45, 2.75) is 31.5 Å². The highest BCUT2D eigenvalue weighted by molar-refractivity contribution is 5.87. The van der Waals surface area contributed by atoms with Gasteiger partial charge >= 0.3 is 5.97 Å². The molecular weight excluding hydrogens is 230 g/mol. The minimum Gasteiger partial charge on any atom is -0.478 e.